The van der Waals surface area contributed by atoms with Crippen LogP contribution in [-0.2, 0) is 0 Å². The van der Waals surface area contributed by atoms with Crippen LogP contribution in [0.15, 0.2) is 0 Å². The van der Waals surface area contributed by atoms with Crippen molar-refractivity contribution in [1.29, 1.82) is 0 Å². The summed E-state index contributed by atoms with van der Waals surface area (Å²) in [5.74, 6) is 1.00. The van der Waals surface area contributed by atoms with Gasteiger partial charge < -0.3 is 0 Å². The van der Waals surface area contributed by atoms with Crippen molar-refractivity contribution in [3.8, 4) is 0 Å². The largest absolute Gasteiger partial charge is 0.300 e. The minimum atomic E-state index is 0.464. The van der Waals surface area contributed by atoms with Gasteiger partial charge in [0.25, 0.3) is 0 Å². The fourth-order valence-corrected chi connectivity index (χ4v) is 2.74. The third kappa shape index (κ3) is 2.73. The molecule has 15 heavy (non-hydrogen) atoms. The van der Waals surface area contributed by atoms with Crippen LogP contribution in [0, 0.1) is 11.3 Å². The fourth-order valence-electron chi connectivity index (χ4n) is 2.74. The second-order valence-electron chi connectivity index (χ2n) is 6.64. The molecule has 0 spiro atoms. The Bertz CT molecular complexity index is 207. The molecule has 0 saturated carbocycles. The maximum Gasteiger partial charge on any atom is 0.0350 e. The van der Waals surface area contributed by atoms with Gasteiger partial charge in [-0.1, -0.05) is 34.1 Å². The first kappa shape index (κ1) is 11.4. The van der Waals surface area contributed by atoms with E-state index in [-0.39, 0.29) is 0 Å². The summed E-state index contributed by atoms with van der Waals surface area (Å²) >= 11 is 0. The van der Waals surface area contributed by atoms with E-state index in [0.717, 1.165) is 12.0 Å². The highest BCUT2D eigenvalue weighted by atomic mass is 15.3. The van der Waals surface area contributed by atoms with Gasteiger partial charge in [0.1, 0.15) is 0 Å². The highest BCUT2D eigenvalue weighted by Crippen LogP contribution is 2.27. The molecule has 0 atom stereocenters. The Morgan fingerprint density at radius 2 is 1.67 bits per heavy atom. The second-order valence-corrected chi connectivity index (χ2v) is 6.64. The third-order valence-electron chi connectivity index (χ3n) is 3.72. The van der Waals surface area contributed by atoms with Gasteiger partial charge in [0.2, 0.25) is 0 Å². The van der Waals surface area contributed by atoms with Crippen molar-refractivity contribution >= 4 is 0 Å². The molecule has 0 aliphatic carbocycles. The molecule has 2 heteroatoms. The molecule has 2 saturated heterocycles. The highest BCUT2D eigenvalue weighted by Gasteiger charge is 2.38. The summed E-state index contributed by atoms with van der Waals surface area (Å²) in [7, 11) is 0. The van der Waals surface area contributed by atoms with Crippen molar-refractivity contribution in [2.75, 3.05) is 32.7 Å². The molecule has 88 valence electrons. The van der Waals surface area contributed by atoms with E-state index in [1.165, 1.54) is 39.1 Å². The molecule has 0 N–H and O–H groups in total. The first-order chi connectivity index (χ1) is 6.98. The quantitative estimate of drug-likeness (QED) is 0.703. The average Bonchev–Trinajstić information content (AvgIpc) is 1.95. The van der Waals surface area contributed by atoms with Crippen LogP contribution in [0.1, 0.15) is 34.1 Å². The van der Waals surface area contributed by atoms with E-state index in [9.17, 15) is 0 Å². The predicted molar refractivity (Wildman–Crippen MR) is 65.0 cm³/mol. The van der Waals surface area contributed by atoms with Crippen LogP contribution in [0.3, 0.4) is 0 Å². The molecule has 0 radical (unpaired) electrons. The lowest BCUT2D eigenvalue weighted by molar-refractivity contribution is -0.0412. The van der Waals surface area contributed by atoms with Crippen LogP contribution < -0.4 is 0 Å². The van der Waals surface area contributed by atoms with E-state index in [0.29, 0.717) is 5.41 Å². The van der Waals surface area contributed by atoms with Gasteiger partial charge in [0, 0.05) is 38.8 Å². The van der Waals surface area contributed by atoms with Crippen LogP contribution in [0.25, 0.3) is 0 Å². The molecule has 0 bridgehead atoms. The molecule has 2 fully saturated rings. The smallest absolute Gasteiger partial charge is 0.0350 e. The van der Waals surface area contributed by atoms with Gasteiger partial charge in [-0.3, -0.25) is 9.80 Å². The highest BCUT2D eigenvalue weighted by molar-refractivity contribution is 4.94. The number of likely N-dealkylation sites (tertiary alicyclic amines) is 2. The minimum Gasteiger partial charge on any atom is -0.300 e. The Balaban J connectivity index is 1.63. The van der Waals surface area contributed by atoms with Crippen molar-refractivity contribution in [3.63, 3.8) is 0 Å². The molecular formula is C13H26N2. The maximum absolute atomic E-state index is 2.67. The molecule has 0 aromatic carbocycles. The second kappa shape index (κ2) is 4.06. The molecule has 0 unspecified atom stereocenters. The summed E-state index contributed by atoms with van der Waals surface area (Å²) in [6.45, 7) is 15.9. The summed E-state index contributed by atoms with van der Waals surface area (Å²) in [4.78, 5) is 5.28. The lowest BCUT2D eigenvalue weighted by Crippen LogP contribution is -2.65. The fraction of sp³-hybridized carbons (Fsp3) is 1.00. The van der Waals surface area contributed by atoms with Crippen molar-refractivity contribution < 1.29 is 0 Å². The maximum atomic E-state index is 2.67. The Hall–Kier alpha value is -0.0800. The van der Waals surface area contributed by atoms with E-state index >= 15 is 0 Å². The molecule has 0 aromatic heterocycles. The summed E-state index contributed by atoms with van der Waals surface area (Å²) in [6, 6.07) is 0.884. The number of hydrogen-bond acceptors (Lipinski definition) is 2. The number of nitrogens with zero attached hydrogens (tertiary/aromatic N) is 2. The van der Waals surface area contributed by atoms with E-state index in [2.05, 4.69) is 37.5 Å². The normalized spacial score (nSPS) is 26.4. The summed E-state index contributed by atoms with van der Waals surface area (Å²) in [5, 5.41) is 0. The molecule has 2 heterocycles. The lowest BCUT2D eigenvalue weighted by Gasteiger charge is -2.53. The van der Waals surface area contributed by atoms with Gasteiger partial charge in [-0.2, -0.15) is 0 Å². The zero-order valence-electron chi connectivity index (χ0n) is 10.8. The number of hydrogen-bond donors (Lipinski definition) is 0. The van der Waals surface area contributed by atoms with Crippen LogP contribution in [0.2, 0.25) is 0 Å². The predicted octanol–water partition coefficient (Wildman–Crippen LogP) is 2.06. The minimum absolute atomic E-state index is 0.464. The SMILES string of the molecule is CCC1CN(C2CN(CC(C)(C)C)C2)C1. The van der Waals surface area contributed by atoms with Gasteiger partial charge in [0.15, 0.2) is 0 Å². The van der Waals surface area contributed by atoms with Gasteiger partial charge in [0.05, 0.1) is 0 Å². The molecule has 0 aromatic rings. The molecule has 2 aliphatic rings. The molecular weight excluding hydrogens is 184 g/mol. The first-order valence-corrected chi connectivity index (χ1v) is 6.44. The van der Waals surface area contributed by atoms with Crippen molar-refractivity contribution in [3.05, 3.63) is 0 Å². The first-order valence-electron chi connectivity index (χ1n) is 6.44. The van der Waals surface area contributed by atoms with E-state index in [4.69, 9.17) is 0 Å². The van der Waals surface area contributed by atoms with Crippen LogP contribution in [-0.4, -0.2) is 48.6 Å². The van der Waals surface area contributed by atoms with Crippen molar-refractivity contribution in [1.82, 2.24) is 9.80 Å². The Kier molecular flexibility index (Phi) is 3.09. The Morgan fingerprint density at radius 1 is 1.07 bits per heavy atom. The van der Waals surface area contributed by atoms with Crippen LogP contribution >= 0.6 is 0 Å². The van der Waals surface area contributed by atoms with Gasteiger partial charge in [-0.25, -0.2) is 0 Å². The van der Waals surface area contributed by atoms with E-state index in [1.54, 1.807) is 0 Å². The van der Waals surface area contributed by atoms with Crippen molar-refractivity contribution in [2.24, 2.45) is 11.3 Å². The molecule has 2 nitrogen and oxygen atoms in total. The third-order valence-corrected chi connectivity index (χ3v) is 3.72. The average molecular weight is 210 g/mol. The molecule has 2 aliphatic heterocycles. The summed E-state index contributed by atoms with van der Waals surface area (Å²) in [5.41, 5.74) is 0.464. The van der Waals surface area contributed by atoms with E-state index < -0.39 is 0 Å². The zero-order valence-corrected chi connectivity index (χ0v) is 10.8. The Morgan fingerprint density at radius 3 is 2.13 bits per heavy atom. The van der Waals surface area contributed by atoms with Gasteiger partial charge >= 0.3 is 0 Å². The van der Waals surface area contributed by atoms with Crippen LogP contribution in [0.4, 0.5) is 0 Å². The lowest BCUT2D eigenvalue weighted by atomic mass is 9.90. The zero-order chi connectivity index (χ0) is 11.1. The van der Waals surface area contributed by atoms with Gasteiger partial charge in [-0.05, 0) is 11.3 Å². The Labute approximate surface area is 94.6 Å². The standard InChI is InChI=1S/C13H26N2/c1-5-11-6-15(7-11)12-8-14(9-12)10-13(2,3)4/h11-12H,5-10H2,1-4H3. The summed E-state index contributed by atoms with van der Waals surface area (Å²) in [6.07, 6.45) is 1.37. The van der Waals surface area contributed by atoms with Crippen molar-refractivity contribution in [2.45, 2.75) is 40.2 Å². The van der Waals surface area contributed by atoms with E-state index in [1.807, 2.05) is 0 Å². The molecule has 2 rings (SSSR count). The number of rotatable bonds is 3. The van der Waals surface area contributed by atoms with Gasteiger partial charge in [-0.15, -0.1) is 0 Å². The van der Waals surface area contributed by atoms with Crippen LogP contribution in [0.5, 0.6) is 0 Å². The summed E-state index contributed by atoms with van der Waals surface area (Å²) < 4.78 is 0. The molecule has 0 amide bonds. The monoisotopic (exact) mass is 210 g/mol. The topological polar surface area (TPSA) is 6.48 Å².